The van der Waals surface area contributed by atoms with Crippen LogP contribution in [-0.2, 0) is 6.54 Å². The second-order valence-corrected chi connectivity index (χ2v) is 6.92. The van der Waals surface area contributed by atoms with Gasteiger partial charge in [0.05, 0.1) is 0 Å². The van der Waals surface area contributed by atoms with Crippen LogP contribution in [0.4, 0.5) is 0 Å². The lowest BCUT2D eigenvalue weighted by molar-refractivity contribution is 0.334. The Morgan fingerprint density at radius 1 is 1.25 bits per heavy atom. The van der Waals surface area contributed by atoms with Gasteiger partial charge in [0.1, 0.15) is 0 Å². The quantitative estimate of drug-likeness (QED) is 0.214. The van der Waals surface area contributed by atoms with Gasteiger partial charge in [-0.1, -0.05) is 12.1 Å². The number of rotatable bonds is 7. The van der Waals surface area contributed by atoms with E-state index in [9.17, 15) is 0 Å². The van der Waals surface area contributed by atoms with Crippen molar-refractivity contribution in [2.45, 2.75) is 37.6 Å². The fourth-order valence-corrected chi connectivity index (χ4v) is 3.62. The lowest BCUT2D eigenvalue weighted by Crippen LogP contribution is -2.38. The Kier molecular flexibility index (Phi) is 10.8. The maximum atomic E-state index is 4.32. The molecule has 136 valence electrons. The average molecular weight is 462 g/mol. The number of likely N-dealkylation sites (tertiary alicyclic amines) is 1. The molecule has 0 unspecified atom stereocenters. The molecule has 2 rings (SSSR count). The first-order valence-corrected chi connectivity index (χ1v) is 9.76. The van der Waals surface area contributed by atoms with E-state index in [1.54, 1.807) is 11.8 Å². The van der Waals surface area contributed by atoms with Crippen LogP contribution in [0.5, 0.6) is 0 Å². The molecule has 0 aliphatic carbocycles. The van der Waals surface area contributed by atoms with Gasteiger partial charge in [0.2, 0.25) is 0 Å². The number of hydrogen-bond donors (Lipinski definition) is 2. The van der Waals surface area contributed by atoms with Gasteiger partial charge in [-0.3, -0.25) is 4.99 Å². The van der Waals surface area contributed by atoms with E-state index in [0.717, 1.165) is 19.0 Å². The Labute approximate surface area is 168 Å². The zero-order valence-electron chi connectivity index (χ0n) is 15.1. The second-order valence-electron chi connectivity index (χ2n) is 6.07. The highest BCUT2D eigenvalue weighted by atomic mass is 127. The molecule has 0 radical (unpaired) electrons. The van der Waals surface area contributed by atoms with Gasteiger partial charge in [-0.25, -0.2) is 0 Å². The number of nitrogens with one attached hydrogen (secondary N) is 2. The van der Waals surface area contributed by atoms with Crippen LogP contribution >= 0.6 is 35.7 Å². The fraction of sp³-hybridized carbons (Fsp3) is 0.611. The Bertz CT molecular complexity index is 516. The summed E-state index contributed by atoms with van der Waals surface area (Å²) < 4.78 is 0. The van der Waals surface area contributed by atoms with E-state index in [2.05, 4.69) is 51.9 Å². The number of aryl methyl sites for hydroxylation is 1. The summed E-state index contributed by atoms with van der Waals surface area (Å²) in [6, 6.07) is 6.62. The van der Waals surface area contributed by atoms with E-state index in [-0.39, 0.29) is 24.0 Å². The van der Waals surface area contributed by atoms with Crippen LogP contribution < -0.4 is 10.6 Å². The Morgan fingerprint density at radius 3 is 2.67 bits per heavy atom. The minimum Gasteiger partial charge on any atom is -0.356 e. The van der Waals surface area contributed by atoms with Crippen molar-refractivity contribution in [1.29, 1.82) is 0 Å². The number of benzene rings is 1. The number of aliphatic imine (C=N–C) groups is 1. The monoisotopic (exact) mass is 462 g/mol. The van der Waals surface area contributed by atoms with Crippen molar-refractivity contribution in [2.75, 3.05) is 39.5 Å². The van der Waals surface area contributed by atoms with Gasteiger partial charge in [0, 0.05) is 25.0 Å². The predicted molar refractivity (Wildman–Crippen MR) is 117 cm³/mol. The summed E-state index contributed by atoms with van der Waals surface area (Å²) in [4.78, 5) is 8.21. The molecule has 4 nitrogen and oxygen atoms in total. The van der Waals surface area contributed by atoms with Gasteiger partial charge in [0.25, 0.3) is 0 Å². The van der Waals surface area contributed by atoms with E-state index in [1.165, 1.54) is 54.9 Å². The van der Waals surface area contributed by atoms with Crippen LogP contribution in [-0.4, -0.2) is 50.3 Å². The third kappa shape index (κ3) is 7.19. The minimum atomic E-state index is 0. The summed E-state index contributed by atoms with van der Waals surface area (Å²) in [6.07, 6.45) is 6.03. The molecule has 6 heteroatoms. The van der Waals surface area contributed by atoms with Crippen molar-refractivity contribution >= 4 is 41.7 Å². The summed E-state index contributed by atoms with van der Waals surface area (Å²) >= 11 is 1.80. The van der Waals surface area contributed by atoms with Gasteiger partial charge in [0.15, 0.2) is 5.96 Å². The van der Waals surface area contributed by atoms with Gasteiger partial charge < -0.3 is 15.5 Å². The van der Waals surface area contributed by atoms with E-state index in [0.29, 0.717) is 0 Å². The molecule has 1 aliphatic heterocycles. The predicted octanol–water partition coefficient (Wildman–Crippen LogP) is 3.49. The van der Waals surface area contributed by atoms with Crippen LogP contribution in [0.15, 0.2) is 28.1 Å². The second kappa shape index (κ2) is 12.0. The van der Waals surface area contributed by atoms with E-state index in [1.807, 2.05) is 7.05 Å². The maximum absolute atomic E-state index is 4.32. The lowest BCUT2D eigenvalue weighted by atomic mass is 10.1. The third-order valence-corrected chi connectivity index (χ3v) is 5.07. The Morgan fingerprint density at radius 2 is 2.00 bits per heavy atom. The molecule has 1 saturated heterocycles. The molecule has 0 bridgehead atoms. The molecular weight excluding hydrogens is 431 g/mol. The van der Waals surface area contributed by atoms with Gasteiger partial charge in [-0.15, -0.1) is 35.7 Å². The third-order valence-electron chi connectivity index (χ3n) is 4.25. The number of nitrogens with zero attached hydrogens (tertiary/aromatic N) is 2. The number of guanidine groups is 1. The van der Waals surface area contributed by atoms with Gasteiger partial charge in [-0.2, -0.15) is 0 Å². The smallest absolute Gasteiger partial charge is 0.191 e. The number of halogens is 1. The molecular formula is C18H31IN4S. The normalized spacial score (nSPS) is 15.2. The van der Waals surface area contributed by atoms with Crippen LogP contribution in [0.25, 0.3) is 0 Å². The maximum Gasteiger partial charge on any atom is 0.191 e. The fourth-order valence-electron chi connectivity index (χ4n) is 2.91. The van der Waals surface area contributed by atoms with Crippen LogP contribution in [0.2, 0.25) is 0 Å². The molecule has 0 saturated carbocycles. The Hall–Kier alpha value is -0.470. The van der Waals surface area contributed by atoms with E-state index >= 15 is 0 Å². The molecule has 1 fully saturated rings. The molecule has 0 spiro atoms. The largest absolute Gasteiger partial charge is 0.356 e. The summed E-state index contributed by atoms with van der Waals surface area (Å²) in [5, 5.41) is 6.84. The van der Waals surface area contributed by atoms with Crippen molar-refractivity contribution in [1.82, 2.24) is 15.5 Å². The van der Waals surface area contributed by atoms with Gasteiger partial charge >= 0.3 is 0 Å². The first-order chi connectivity index (χ1) is 11.2. The van der Waals surface area contributed by atoms with Crippen molar-refractivity contribution in [3.63, 3.8) is 0 Å². The van der Waals surface area contributed by atoms with E-state index in [4.69, 9.17) is 0 Å². The molecule has 24 heavy (non-hydrogen) atoms. The lowest BCUT2D eigenvalue weighted by Gasteiger charge is -2.16. The van der Waals surface area contributed by atoms with E-state index < -0.39 is 0 Å². The molecule has 1 aromatic rings. The molecule has 1 heterocycles. The Balaban J connectivity index is 0.00000288. The highest BCUT2D eigenvalue weighted by Crippen LogP contribution is 2.21. The molecule has 0 amide bonds. The molecule has 0 aromatic heterocycles. The minimum absolute atomic E-state index is 0. The molecule has 0 atom stereocenters. The zero-order valence-corrected chi connectivity index (χ0v) is 18.2. The first-order valence-electron chi connectivity index (χ1n) is 8.53. The zero-order chi connectivity index (χ0) is 16.5. The standard InChI is InChI=1S/C18H30N4S.HI/c1-15-7-8-16(17(13-15)23-3)14-21-18(19-2)20-9-6-12-22-10-4-5-11-22;/h7-8,13H,4-6,9-12,14H2,1-3H3,(H2,19,20,21);1H. The van der Waals surface area contributed by atoms with Gasteiger partial charge in [-0.05, 0) is 69.3 Å². The van der Waals surface area contributed by atoms with Crippen molar-refractivity contribution < 1.29 is 0 Å². The van der Waals surface area contributed by atoms with Crippen molar-refractivity contribution in [3.05, 3.63) is 29.3 Å². The van der Waals surface area contributed by atoms with Crippen LogP contribution in [0.3, 0.4) is 0 Å². The van der Waals surface area contributed by atoms with Crippen LogP contribution in [0.1, 0.15) is 30.4 Å². The number of hydrogen-bond acceptors (Lipinski definition) is 3. The SMILES string of the molecule is CN=C(NCCCN1CCCC1)NCc1ccc(C)cc1SC.I. The topological polar surface area (TPSA) is 39.7 Å². The highest BCUT2D eigenvalue weighted by Gasteiger charge is 2.10. The van der Waals surface area contributed by atoms with Crippen LogP contribution in [0, 0.1) is 6.92 Å². The summed E-state index contributed by atoms with van der Waals surface area (Å²) in [5.74, 6) is 0.888. The molecule has 2 N–H and O–H groups in total. The summed E-state index contributed by atoms with van der Waals surface area (Å²) in [6.45, 7) is 7.66. The average Bonchev–Trinajstić information content (AvgIpc) is 3.08. The summed E-state index contributed by atoms with van der Waals surface area (Å²) in [5.41, 5.74) is 2.63. The summed E-state index contributed by atoms with van der Waals surface area (Å²) in [7, 11) is 1.83. The van der Waals surface area contributed by atoms with Crippen molar-refractivity contribution in [3.8, 4) is 0 Å². The number of thioether (sulfide) groups is 1. The first kappa shape index (κ1) is 21.6. The molecule has 1 aliphatic rings. The van der Waals surface area contributed by atoms with Crippen molar-refractivity contribution in [2.24, 2.45) is 4.99 Å². The molecule has 1 aromatic carbocycles. The highest BCUT2D eigenvalue weighted by molar-refractivity contribution is 14.0.